The van der Waals surface area contributed by atoms with Gasteiger partial charge in [-0.2, -0.15) is 0 Å². The molecule has 1 aliphatic heterocycles. The van der Waals surface area contributed by atoms with Crippen molar-refractivity contribution in [1.29, 1.82) is 0 Å². The Kier molecular flexibility index (Phi) is 6.92. The molecule has 0 amide bonds. The summed E-state index contributed by atoms with van der Waals surface area (Å²) in [6, 6.07) is 0.507. The van der Waals surface area contributed by atoms with E-state index < -0.39 is 0 Å². The fourth-order valence-electron chi connectivity index (χ4n) is 4.11. The Balaban J connectivity index is 1.86. The predicted octanol–water partition coefficient (Wildman–Crippen LogP) is 5.16. The van der Waals surface area contributed by atoms with E-state index in [1.807, 2.05) is 6.92 Å². The number of piperidine rings is 1. The van der Waals surface area contributed by atoms with Gasteiger partial charge in [0, 0.05) is 17.5 Å². The summed E-state index contributed by atoms with van der Waals surface area (Å²) in [5, 5.41) is 5.09. The molecule has 2 heterocycles. The number of anilines is 1. The summed E-state index contributed by atoms with van der Waals surface area (Å²) in [4.78, 5) is 16.3. The van der Waals surface area contributed by atoms with E-state index in [1.165, 1.54) is 42.5 Å². The van der Waals surface area contributed by atoms with Gasteiger partial charge in [-0.15, -0.1) is 11.3 Å². The lowest BCUT2D eigenvalue weighted by atomic mass is 10.0. The Morgan fingerprint density at radius 2 is 2.04 bits per heavy atom. The number of fused-ring (bicyclic) bond motifs is 1. The number of nitrogens with zero attached hydrogens (tertiary/aromatic N) is 1. The molecule has 0 aromatic carbocycles. The van der Waals surface area contributed by atoms with E-state index in [1.54, 1.807) is 11.3 Å². The second-order valence-corrected chi connectivity index (χ2v) is 8.66. The molecule has 144 valence electrons. The Labute approximate surface area is 166 Å². The van der Waals surface area contributed by atoms with Gasteiger partial charge in [0.1, 0.15) is 5.00 Å². The zero-order valence-electron chi connectivity index (χ0n) is 15.9. The van der Waals surface area contributed by atoms with Crippen molar-refractivity contribution in [1.82, 2.24) is 4.90 Å². The quantitative estimate of drug-likeness (QED) is 0.434. The van der Waals surface area contributed by atoms with E-state index in [0.717, 1.165) is 47.9 Å². The third kappa shape index (κ3) is 4.22. The first kappa shape index (κ1) is 19.6. The number of thiophene rings is 1. The van der Waals surface area contributed by atoms with E-state index in [2.05, 4.69) is 17.1 Å². The summed E-state index contributed by atoms with van der Waals surface area (Å²) in [5.41, 5.74) is 1.93. The first-order valence-electron chi connectivity index (χ1n) is 10.0. The highest BCUT2D eigenvalue weighted by molar-refractivity contribution is 7.80. The molecule has 6 heteroatoms. The fourth-order valence-corrected chi connectivity index (χ4v) is 5.79. The number of ether oxygens (including phenoxy) is 1. The van der Waals surface area contributed by atoms with Crippen LogP contribution in [0.5, 0.6) is 0 Å². The SMILES string of the molecule is CCOC(=O)c1c(NC(=S)N2CCCC[C@@H]2CC)sc2c1CCCCC2. The summed E-state index contributed by atoms with van der Waals surface area (Å²) >= 11 is 7.45. The monoisotopic (exact) mass is 394 g/mol. The number of esters is 1. The molecule has 4 nitrogen and oxygen atoms in total. The largest absolute Gasteiger partial charge is 0.462 e. The van der Waals surface area contributed by atoms with Crippen LogP contribution in [0.15, 0.2) is 0 Å². The van der Waals surface area contributed by atoms with Crippen LogP contribution in [0, 0.1) is 0 Å². The van der Waals surface area contributed by atoms with Crippen molar-refractivity contribution in [2.75, 3.05) is 18.5 Å². The molecule has 0 saturated carbocycles. The van der Waals surface area contributed by atoms with Crippen LogP contribution in [0.1, 0.15) is 79.6 Å². The number of carbonyl (C=O) groups is 1. The molecule has 1 fully saturated rings. The molecular weight excluding hydrogens is 364 g/mol. The standard InChI is InChI=1S/C20H30N2O2S2/c1-3-14-10-8-9-13-22(14)20(25)21-18-17(19(23)24-4-2)15-11-6-5-7-12-16(15)26-18/h14H,3-13H2,1-2H3,(H,21,25)/t14-/m0/s1. The summed E-state index contributed by atoms with van der Waals surface area (Å²) in [5.74, 6) is -0.206. The lowest BCUT2D eigenvalue weighted by Crippen LogP contribution is -2.45. The van der Waals surface area contributed by atoms with E-state index in [9.17, 15) is 4.79 Å². The van der Waals surface area contributed by atoms with E-state index in [4.69, 9.17) is 17.0 Å². The second-order valence-electron chi connectivity index (χ2n) is 7.17. The molecule has 2 aliphatic rings. The maximum absolute atomic E-state index is 12.7. The Morgan fingerprint density at radius 3 is 2.81 bits per heavy atom. The lowest BCUT2D eigenvalue weighted by molar-refractivity contribution is 0.0527. The number of rotatable bonds is 4. The average molecular weight is 395 g/mol. The van der Waals surface area contributed by atoms with Gasteiger partial charge in [-0.3, -0.25) is 0 Å². The van der Waals surface area contributed by atoms with Crippen LogP contribution in [0.3, 0.4) is 0 Å². The van der Waals surface area contributed by atoms with Crippen molar-refractivity contribution in [2.45, 2.75) is 77.7 Å². The number of hydrogen-bond acceptors (Lipinski definition) is 4. The average Bonchev–Trinajstić information content (AvgIpc) is 2.82. The van der Waals surface area contributed by atoms with Crippen LogP contribution in [-0.4, -0.2) is 35.2 Å². The summed E-state index contributed by atoms with van der Waals surface area (Å²) < 4.78 is 5.37. The first-order chi connectivity index (χ1) is 12.7. The molecule has 0 unspecified atom stereocenters. The number of hydrogen-bond donors (Lipinski definition) is 1. The first-order valence-corrected chi connectivity index (χ1v) is 11.3. The van der Waals surface area contributed by atoms with E-state index in [-0.39, 0.29) is 5.97 Å². The van der Waals surface area contributed by atoms with E-state index in [0.29, 0.717) is 12.6 Å². The third-order valence-corrected chi connectivity index (χ3v) is 7.02. The van der Waals surface area contributed by atoms with Gasteiger partial charge >= 0.3 is 5.97 Å². The summed E-state index contributed by atoms with van der Waals surface area (Å²) in [6.07, 6.45) is 10.4. The normalized spacial score (nSPS) is 20.2. The molecule has 1 saturated heterocycles. The van der Waals surface area contributed by atoms with Crippen LogP contribution < -0.4 is 5.32 Å². The van der Waals surface area contributed by atoms with Crippen molar-refractivity contribution in [3.05, 3.63) is 16.0 Å². The van der Waals surface area contributed by atoms with Gasteiger partial charge in [0.15, 0.2) is 5.11 Å². The minimum absolute atomic E-state index is 0.206. The number of likely N-dealkylation sites (tertiary alicyclic amines) is 1. The number of aryl methyl sites for hydroxylation is 1. The molecule has 3 rings (SSSR count). The molecule has 1 aromatic rings. The molecule has 1 N–H and O–H groups in total. The Morgan fingerprint density at radius 1 is 1.23 bits per heavy atom. The summed E-state index contributed by atoms with van der Waals surface area (Å²) in [6.45, 7) is 5.49. The zero-order valence-corrected chi connectivity index (χ0v) is 17.6. The highest BCUT2D eigenvalue weighted by atomic mass is 32.1. The minimum atomic E-state index is -0.206. The van der Waals surface area contributed by atoms with Gasteiger partial charge < -0.3 is 15.0 Å². The third-order valence-electron chi connectivity index (χ3n) is 5.48. The van der Waals surface area contributed by atoms with Crippen LogP contribution >= 0.6 is 23.6 Å². The lowest BCUT2D eigenvalue weighted by Gasteiger charge is -2.37. The number of carbonyl (C=O) groups excluding carboxylic acids is 1. The smallest absolute Gasteiger partial charge is 0.341 e. The Hall–Kier alpha value is -1.14. The van der Waals surface area contributed by atoms with Crippen molar-refractivity contribution < 1.29 is 9.53 Å². The molecule has 0 radical (unpaired) electrons. The summed E-state index contributed by atoms with van der Waals surface area (Å²) in [7, 11) is 0. The van der Waals surface area contributed by atoms with Crippen molar-refractivity contribution in [3.8, 4) is 0 Å². The van der Waals surface area contributed by atoms with Gasteiger partial charge in [-0.25, -0.2) is 4.79 Å². The number of nitrogens with one attached hydrogen (secondary N) is 1. The van der Waals surface area contributed by atoms with Gasteiger partial charge in [0.25, 0.3) is 0 Å². The molecule has 1 atom stereocenters. The van der Waals surface area contributed by atoms with Crippen LogP contribution in [-0.2, 0) is 17.6 Å². The van der Waals surface area contributed by atoms with Crippen LogP contribution in [0.2, 0.25) is 0 Å². The highest BCUT2D eigenvalue weighted by Crippen LogP contribution is 2.38. The van der Waals surface area contributed by atoms with Crippen LogP contribution in [0.25, 0.3) is 0 Å². The van der Waals surface area contributed by atoms with Crippen LogP contribution in [0.4, 0.5) is 5.00 Å². The molecule has 0 spiro atoms. The van der Waals surface area contributed by atoms with Gasteiger partial charge in [0.2, 0.25) is 0 Å². The Bertz CT molecular complexity index is 656. The topological polar surface area (TPSA) is 41.6 Å². The minimum Gasteiger partial charge on any atom is -0.462 e. The second kappa shape index (κ2) is 9.18. The van der Waals surface area contributed by atoms with Gasteiger partial charge in [0.05, 0.1) is 12.2 Å². The fraction of sp³-hybridized carbons (Fsp3) is 0.700. The predicted molar refractivity (Wildman–Crippen MR) is 112 cm³/mol. The van der Waals surface area contributed by atoms with Crippen molar-refractivity contribution >= 4 is 39.6 Å². The van der Waals surface area contributed by atoms with E-state index >= 15 is 0 Å². The molecule has 1 aliphatic carbocycles. The molecule has 1 aromatic heterocycles. The van der Waals surface area contributed by atoms with Gasteiger partial charge in [-0.1, -0.05) is 13.3 Å². The zero-order chi connectivity index (χ0) is 18.5. The highest BCUT2D eigenvalue weighted by Gasteiger charge is 2.28. The molecule has 26 heavy (non-hydrogen) atoms. The molecule has 0 bridgehead atoms. The maximum atomic E-state index is 12.7. The number of thiocarbonyl (C=S) groups is 1. The molecular formula is C20H30N2O2S2. The van der Waals surface area contributed by atoms with Gasteiger partial charge in [-0.05, 0) is 76.1 Å². The maximum Gasteiger partial charge on any atom is 0.341 e. The van der Waals surface area contributed by atoms with Crippen molar-refractivity contribution in [3.63, 3.8) is 0 Å². The van der Waals surface area contributed by atoms with Crippen molar-refractivity contribution in [2.24, 2.45) is 0 Å².